The maximum absolute atomic E-state index is 12.9. The first kappa shape index (κ1) is 17.0. The standard InChI is InChI=1S/C19H19FN2O3/c1-2-25-17-9-7-16(8-10-17)22-12-15(11-18(22)23)21-19(24)13-3-5-14(20)6-4-13/h3-10,15H,2,11-12H2,1H3,(H,21,24)/t15-/m0/s1. The van der Waals surface area contributed by atoms with Gasteiger partial charge in [0, 0.05) is 24.2 Å². The molecule has 1 N–H and O–H groups in total. The molecule has 6 heteroatoms. The van der Waals surface area contributed by atoms with Crippen molar-refractivity contribution >= 4 is 17.5 Å². The van der Waals surface area contributed by atoms with Crippen molar-refractivity contribution in [2.75, 3.05) is 18.1 Å². The van der Waals surface area contributed by atoms with Crippen molar-refractivity contribution in [1.82, 2.24) is 5.32 Å². The van der Waals surface area contributed by atoms with E-state index in [4.69, 9.17) is 4.74 Å². The molecule has 3 rings (SSSR count). The summed E-state index contributed by atoms with van der Waals surface area (Å²) in [4.78, 5) is 26.1. The highest BCUT2D eigenvalue weighted by Gasteiger charge is 2.31. The summed E-state index contributed by atoms with van der Waals surface area (Å²) in [5, 5.41) is 2.83. The molecule has 0 bridgehead atoms. The number of ether oxygens (including phenoxy) is 1. The van der Waals surface area contributed by atoms with E-state index in [-0.39, 0.29) is 24.3 Å². The van der Waals surface area contributed by atoms with Crippen LogP contribution in [0, 0.1) is 5.82 Å². The van der Waals surface area contributed by atoms with E-state index in [9.17, 15) is 14.0 Å². The summed E-state index contributed by atoms with van der Waals surface area (Å²) in [6, 6.07) is 12.3. The molecule has 1 saturated heterocycles. The van der Waals surface area contributed by atoms with Crippen molar-refractivity contribution in [3.63, 3.8) is 0 Å². The molecular weight excluding hydrogens is 323 g/mol. The van der Waals surface area contributed by atoms with E-state index >= 15 is 0 Å². The first-order valence-electron chi connectivity index (χ1n) is 8.16. The van der Waals surface area contributed by atoms with Gasteiger partial charge in [0.2, 0.25) is 5.91 Å². The molecule has 0 spiro atoms. The minimum Gasteiger partial charge on any atom is -0.494 e. The summed E-state index contributed by atoms with van der Waals surface area (Å²) in [5.41, 5.74) is 1.14. The van der Waals surface area contributed by atoms with Crippen molar-refractivity contribution in [3.05, 3.63) is 59.9 Å². The van der Waals surface area contributed by atoms with Crippen LogP contribution in [0.25, 0.3) is 0 Å². The van der Waals surface area contributed by atoms with Gasteiger partial charge in [0.1, 0.15) is 11.6 Å². The van der Waals surface area contributed by atoms with E-state index in [0.717, 1.165) is 11.4 Å². The van der Waals surface area contributed by atoms with Gasteiger partial charge in [-0.05, 0) is 55.5 Å². The van der Waals surface area contributed by atoms with Gasteiger partial charge in [0.15, 0.2) is 0 Å². The van der Waals surface area contributed by atoms with Gasteiger partial charge < -0.3 is 15.0 Å². The SMILES string of the molecule is CCOc1ccc(N2C[C@@H](NC(=O)c3ccc(F)cc3)CC2=O)cc1. The molecule has 1 aliphatic heterocycles. The Bertz CT molecular complexity index is 759. The molecule has 2 amide bonds. The molecule has 25 heavy (non-hydrogen) atoms. The van der Waals surface area contributed by atoms with E-state index in [0.29, 0.717) is 18.7 Å². The second kappa shape index (κ2) is 7.34. The maximum atomic E-state index is 12.9. The van der Waals surface area contributed by atoms with Crippen LogP contribution in [0.5, 0.6) is 5.75 Å². The number of rotatable bonds is 5. The number of hydrogen-bond donors (Lipinski definition) is 1. The van der Waals surface area contributed by atoms with Crippen LogP contribution in [0.1, 0.15) is 23.7 Å². The molecule has 0 saturated carbocycles. The average Bonchev–Trinajstić information content (AvgIpc) is 2.96. The zero-order valence-corrected chi connectivity index (χ0v) is 13.9. The first-order chi connectivity index (χ1) is 12.1. The minimum absolute atomic E-state index is 0.0476. The molecule has 0 radical (unpaired) electrons. The predicted octanol–water partition coefficient (Wildman–Crippen LogP) is 2.76. The van der Waals surface area contributed by atoms with Gasteiger partial charge in [-0.2, -0.15) is 0 Å². The third-order valence-electron chi connectivity index (χ3n) is 4.03. The molecule has 1 heterocycles. The molecule has 5 nitrogen and oxygen atoms in total. The molecule has 130 valence electrons. The predicted molar refractivity (Wildman–Crippen MR) is 92.2 cm³/mol. The van der Waals surface area contributed by atoms with Gasteiger partial charge in [0.05, 0.1) is 12.6 Å². The minimum atomic E-state index is -0.394. The number of halogens is 1. The van der Waals surface area contributed by atoms with E-state index in [1.54, 1.807) is 4.90 Å². The van der Waals surface area contributed by atoms with Crippen molar-refractivity contribution < 1.29 is 18.7 Å². The molecule has 0 aliphatic carbocycles. The van der Waals surface area contributed by atoms with E-state index in [1.165, 1.54) is 24.3 Å². The highest BCUT2D eigenvalue weighted by atomic mass is 19.1. The zero-order chi connectivity index (χ0) is 17.8. The number of nitrogens with zero attached hydrogens (tertiary/aromatic N) is 1. The lowest BCUT2D eigenvalue weighted by molar-refractivity contribution is -0.117. The van der Waals surface area contributed by atoms with Crippen molar-refractivity contribution in [3.8, 4) is 5.75 Å². The topological polar surface area (TPSA) is 58.6 Å². The van der Waals surface area contributed by atoms with Gasteiger partial charge in [-0.25, -0.2) is 4.39 Å². The third-order valence-corrected chi connectivity index (χ3v) is 4.03. The number of nitrogens with one attached hydrogen (secondary N) is 1. The molecule has 0 aromatic heterocycles. The van der Waals surface area contributed by atoms with E-state index < -0.39 is 5.82 Å². The van der Waals surface area contributed by atoms with Gasteiger partial charge in [-0.3, -0.25) is 9.59 Å². The fourth-order valence-corrected chi connectivity index (χ4v) is 2.81. The lowest BCUT2D eigenvalue weighted by atomic mass is 10.2. The number of hydrogen-bond acceptors (Lipinski definition) is 3. The quantitative estimate of drug-likeness (QED) is 0.909. The fraction of sp³-hybridized carbons (Fsp3) is 0.263. The number of carbonyl (C=O) groups excluding carboxylic acids is 2. The maximum Gasteiger partial charge on any atom is 0.251 e. The Morgan fingerprint density at radius 2 is 1.88 bits per heavy atom. The van der Waals surface area contributed by atoms with Crippen molar-refractivity contribution in [1.29, 1.82) is 0 Å². The Morgan fingerprint density at radius 1 is 1.20 bits per heavy atom. The summed E-state index contributed by atoms with van der Waals surface area (Å²) in [6.07, 6.45) is 0.236. The Morgan fingerprint density at radius 3 is 2.52 bits per heavy atom. The summed E-state index contributed by atoms with van der Waals surface area (Å²) >= 11 is 0. The summed E-state index contributed by atoms with van der Waals surface area (Å²) in [5.74, 6) is -0.00626. The number of anilines is 1. The fourth-order valence-electron chi connectivity index (χ4n) is 2.81. The zero-order valence-electron chi connectivity index (χ0n) is 13.9. The molecule has 1 aliphatic rings. The van der Waals surface area contributed by atoms with Gasteiger partial charge in [-0.15, -0.1) is 0 Å². The second-order valence-electron chi connectivity index (χ2n) is 5.81. The van der Waals surface area contributed by atoms with Crippen LogP contribution in [-0.2, 0) is 4.79 Å². The molecule has 1 atom stereocenters. The van der Waals surface area contributed by atoms with Crippen LogP contribution in [0.15, 0.2) is 48.5 Å². The second-order valence-corrected chi connectivity index (χ2v) is 5.81. The number of carbonyl (C=O) groups is 2. The monoisotopic (exact) mass is 342 g/mol. The van der Waals surface area contributed by atoms with Gasteiger partial charge >= 0.3 is 0 Å². The highest BCUT2D eigenvalue weighted by molar-refractivity contribution is 5.98. The largest absolute Gasteiger partial charge is 0.494 e. The third kappa shape index (κ3) is 3.96. The van der Waals surface area contributed by atoms with Crippen molar-refractivity contribution in [2.45, 2.75) is 19.4 Å². The Kier molecular flexibility index (Phi) is 4.97. The Balaban J connectivity index is 1.63. The number of amides is 2. The molecule has 0 unspecified atom stereocenters. The van der Waals surface area contributed by atoms with E-state index in [1.807, 2.05) is 31.2 Å². The highest BCUT2D eigenvalue weighted by Crippen LogP contribution is 2.24. The lowest BCUT2D eigenvalue weighted by Crippen LogP contribution is -2.37. The normalized spacial score (nSPS) is 16.8. The van der Waals surface area contributed by atoms with Crippen LogP contribution in [0.4, 0.5) is 10.1 Å². The Labute approximate surface area is 145 Å². The first-order valence-corrected chi connectivity index (χ1v) is 8.16. The molecule has 2 aromatic rings. The average molecular weight is 342 g/mol. The van der Waals surface area contributed by atoms with Crippen LogP contribution < -0.4 is 15.0 Å². The lowest BCUT2D eigenvalue weighted by Gasteiger charge is -2.17. The van der Waals surface area contributed by atoms with Crippen LogP contribution in [0.2, 0.25) is 0 Å². The number of benzene rings is 2. The van der Waals surface area contributed by atoms with Gasteiger partial charge in [0.25, 0.3) is 5.91 Å². The summed E-state index contributed by atoms with van der Waals surface area (Å²) < 4.78 is 18.3. The van der Waals surface area contributed by atoms with Crippen LogP contribution >= 0.6 is 0 Å². The van der Waals surface area contributed by atoms with E-state index in [2.05, 4.69) is 5.32 Å². The summed E-state index contributed by atoms with van der Waals surface area (Å²) in [7, 11) is 0. The molecule has 1 fully saturated rings. The Hall–Kier alpha value is -2.89. The van der Waals surface area contributed by atoms with Crippen LogP contribution in [0.3, 0.4) is 0 Å². The van der Waals surface area contributed by atoms with Gasteiger partial charge in [-0.1, -0.05) is 0 Å². The molecular formula is C19H19FN2O3. The summed E-state index contributed by atoms with van der Waals surface area (Å²) in [6.45, 7) is 2.89. The van der Waals surface area contributed by atoms with Crippen molar-refractivity contribution in [2.24, 2.45) is 0 Å². The molecule has 2 aromatic carbocycles. The smallest absolute Gasteiger partial charge is 0.251 e. The van der Waals surface area contributed by atoms with Crippen LogP contribution in [-0.4, -0.2) is 31.0 Å².